The molecular formula is C8H15F3N2S2. The molecule has 0 spiro atoms. The fraction of sp³-hybridized carbons (Fsp3) is 0.875. The zero-order chi connectivity index (χ0) is 12.1. The zero-order valence-electron chi connectivity index (χ0n) is 8.67. The predicted molar refractivity (Wildman–Crippen MR) is 62.0 cm³/mol. The second kappa shape index (κ2) is 6.55. The molecule has 0 radical (unpaired) electrons. The molecule has 0 saturated heterocycles. The Morgan fingerprint density at radius 2 is 2.00 bits per heavy atom. The molecule has 2 N–H and O–H groups in total. The molecule has 0 fully saturated rings. The fourth-order valence-corrected chi connectivity index (χ4v) is 1.72. The lowest BCUT2D eigenvalue weighted by Crippen LogP contribution is -2.39. The average molecular weight is 260 g/mol. The van der Waals surface area contributed by atoms with Crippen molar-refractivity contribution in [2.75, 3.05) is 18.8 Å². The van der Waals surface area contributed by atoms with Gasteiger partial charge in [0.25, 0.3) is 0 Å². The number of hydrogen-bond donors (Lipinski definition) is 1. The van der Waals surface area contributed by atoms with Crippen LogP contribution in [0.5, 0.6) is 0 Å². The molecule has 0 aromatic rings. The van der Waals surface area contributed by atoms with Crippen LogP contribution in [0.15, 0.2) is 0 Å². The van der Waals surface area contributed by atoms with Gasteiger partial charge in [0, 0.05) is 24.9 Å². The summed E-state index contributed by atoms with van der Waals surface area (Å²) >= 11 is 4.70. The Morgan fingerprint density at radius 1 is 1.47 bits per heavy atom. The normalized spacial score (nSPS) is 12.5. The van der Waals surface area contributed by atoms with Crippen molar-refractivity contribution in [1.82, 2.24) is 4.90 Å². The van der Waals surface area contributed by atoms with Crippen LogP contribution in [0.4, 0.5) is 13.2 Å². The van der Waals surface area contributed by atoms with Crippen LogP contribution in [0, 0.1) is 0 Å². The third kappa shape index (κ3) is 8.95. The lowest BCUT2D eigenvalue weighted by molar-refractivity contribution is -0.0328. The molecule has 0 atom stereocenters. The number of halogens is 3. The number of rotatable bonds is 6. The van der Waals surface area contributed by atoms with E-state index in [1.54, 1.807) is 0 Å². The lowest BCUT2D eigenvalue weighted by Gasteiger charge is -2.25. The molecule has 0 amide bonds. The Labute approximate surface area is 97.4 Å². The number of hydrogen-bond acceptors (Lipinski definition) is 3. The SMILES string of the molecule is CC(C)N(CCSC(F)(F)F)CC(N)=S. The Morgan fingerprint density at radius 3 is 2.33 bits per heavy atom. The average Bonchev–Trinajstić information content (AvgIpc) is 1.99. The van der Waals surface area contributed by atoms with Crippen molar-refractivity contribution in [3.8, 4) is 0 Å². The van der Waals surface area contributed by atoms with E-state index in [4.69, 9.17) is 18.0 Å². The first kappa shape index (κ1) is 15.0. The van der Waals surface area contributed by atoms with Gasteiger partial charge < -0.3 is 5.73 Å². The standard InChI is InChI=1S/C8H15F3N2S2/c1-6(2)13(5-7(12)14)3-4-15-8(9,10)11/h6H,3-5H2,1-2H3,(H2,12,14). The highest BCUT2D eigenvalue weighted by Crippen LogP contribution is 2.29. The fourth-order valence-electron chi connectivity index (χ4n) is 0.999. The molecule has 0 bridgehead atoms. The van der Waals surface area contributed by atoms with E-state index >= 15 is 0 Å². The topological polar surface area (TPSA) is 29.3 Å². The summed E-state index contributed by atoms with van der Waals surface area (Å²) in [5, 5.41) is 0. The third-order valence-electron chi connectivity index (χ3n) is 1.73. The van der Waals surface area contributed by atoms with Gasteiger partial charge >= 0.3 is 5.51 Å². The van der Waals surface area contributed by atoms with Gasteiger partial charge in [0.1, 0.15) is 0 Å². The molecular weight excluding hydrogens is 245 g/mol. The molecule has 7 heteroatoms. The van der Waals surface area contributed by atoms with Crippen molar-refractivity contribution in [1.29, 1.82) is 0 Å². The first-order chi connectivity index (χ1) is 6.72. The Balaban J connectivity index is 3.92. The maximum Gasteiger partial charge on any atom is 0.441 e. The van der Waals surface area contributed by atoms with Crippen LogP contribution in [0.3, 0.4) is 0 Å². The van der Waals surface area contributed by atoms with Gasteiger partial charge in [-0.2, -0.15) is 13.2 Å². The van der Waals surface area contributed by atoms with Gasteiger partial charge in [-0.05, 0) is 25.6 Å². The number of alkyl halides is 3. The Hall–Kier alpha value is -0.0100. The first-order valence-electron chi connectivity index (χ1n) is 4.45. The molecule has 90 valence electrons. The van der Waals surface area contributed by atoms with Crippen molar-refractivity contribution in [2.24, 2.45) is 5.73 Å². The van der Waals surface area contributed by atoms with Gasteiger partial charge in [-0.1, -0.05) is 12.2 Å². The maximum absolute atomic E-state index is 11.9. The number of nitrogens with zero attached hydrogens (tertiary/aromatic N) is 1. The van der Waals surface area contributed by atoms with E-state index in [-0.39, 0.29) is 23.6 Å². The summed E-state index contributed by atoms with van der Waals surface area (Å²) in [6.45, 7) is 4.50. The van der Waals surface area contributed by atoms with Crippen molar-refractivity contribution < 1.29 is 13.2 Å². The molecule has 2 nitrogen and oxygen atoms in total. The first-order valence-corrected chi connectivity index (χ1v) is 5.85. The van der Waals surface area contributed by atoms with Gasteiger partial charge in [-0.15, -0.1) is 0 Å². The minimum absolute atomic E-state index is 0.00426. The van der Waals surface area contributed by atoms with Gasteiger partial charge in [0.05, 0.1) is 4.99 Å². The van der Waals surface area contributed by atoms with Crippen LogP contribution in [-0.2, 0) is 0 Å². The molecule has 0 unspecified atom stereocenters. The van der Waals surface area contributed by atoms with Gasteiger partial charge in [0.15, 0.2) is 0 Å². The Bertz CT molecular complexity index is 207. The highest BCUT2D eigenvalue weighted by atomic mass is 32.2. The van der Waals surface area contributed by atoms with Crippen LogP contribution < -0.4 is 5.73 Å². The van der Waals surface area contributed by atoms with Crippen molar-refractivity contribution >= 4 is 29.0 Å². The highest BCUT2D eigenvalue weighted by molar-refractivity contribution is 8.00. The lowest BCUT2D eigenvalue weighted by atomic mass is 10.3. The molecule has 0 heterocycles. The largest absolute Gasteiger partial charge is 0.441 e. The molecule has 0 aliphatic heterocycles. The molecule has 0 rings (SSSR count). The summed E-state index contributed by atoms with van der Waals surface area (Å²) in [6.07, 6.45) is 0. The third-order valence-corrected chi connectivity index (χ3v) is 2.58. The highest BCUT2D eigenvalue weighted by Gasteiger charge is 2.28. The minimum atomic E-state index is -4.16. The van der Waals surface area contributed by atoms with E-state index < -0.39 is 5.51 Å². The van der Waals surface area contributed by atoms with Gasteiger partial charge in [-0.25, -0.2) is 0 Å². The smallest absolute Gasteiger partial charge is 0.392 e. The van der Waals surface area contributed by atoms with Crippen LogP contribution in [-0.4, -0.2) is 40.3 Å². The number of thiocarbonyl (C=S) groups is 1. The van der Waals surface area contributed by atoms with Crippen LogP contribution in [0.2, 0.25) is 0 Å². The number of nitrogens with two attached hydrogens (primary N) is 1. The molecule has 0 aliphatic rings. The van der Waals surface area contributed by atoms with E-state index in [9.17, 15) is 13.2 Å². The minimum Gasteiger partial charge on any atom is -0.392 e. The van der Waals surface area contributed by atoms with Crippen LogP contribution in [0.1, 0.15) is 13.8 Å². The predicted octanol–water partition coefficient (Wildman–Crippen LogP) is 2.24. The molecule has 0 aromatic heterocycles. The van der Waals surface area contributed by atoms with Crippen molar-refractivity contribution in [3.05, 3.63) is 0 Å². The van der Waals surface area contributed by atoms with Crippen molar-refractivity contribution in [3.63, 3.8) is 0 Å². The Kier molecular flexibility index (Phi) is 6.54. The van der Waals surface area contributed by atoms with Crippen LogP contribution >= 0.6 is 24.0 Å². The molecule has 15 heavy (non-hydrogen) atoms. The van der Waals surface area contributed by atoms with E-state index in [1.807, 2.05) is 18.7 Å². The van der Waals surface area contributed by atoms with Gasteiger partial charge in [-0.3, -0.25) is 4.90 Å². The van der Waals surface area contributed by atoms with E-state index in [0.717, 1.165) is 0 Å². The summed E-state index contributed by atoms with van der Waals surface area (Å²) in [5.74, 6) is 0.00426. The quantitative estimate of drug-likeness (QED) is 0.742. The van der Waals surface area contributed by atoms with Crippen molar-refractivity contribution in [2.45, 2.75) is 25.4 Å². The maximum atomic E-state index is 11.9. The summed E-state index contributed by atoms with van der Waals surface area (Å²) in [7, 11) is 0. The van der Waals surface area contributed by atoms with Gasteiger partial charge in [0.2, 0.25) is 0 Å². The molecule has 0 aliphatic carbocycles. The second-order valence-corrected chi connectivity index (χ2v) is 5.01. The molecule has 0 saturated carbocycles. The van der Waals surface area contributed by atoms with E-state index in [1.165, 1.54) is 0 Å². The van der Waals surface area contributed by atoms with Crippen LogP contribution in [0.25, 0.3) is 0 Å². The zero-order valence-corrected chi connectivity index (χ0v) is 10.3. The van der Waals surface area contributed by atoms with E-state index in [0.29, 0.717) is 18.1 Å². The summed E-state index contributed by atoms with van der Waals surface area (Å²) in [6, 6.07) is 0.139. The monoisotopic (exact) mass is 260 g/mol. The second-order valence-electron chi connectivity index (χ2n) is 3.32. The summed E-state index contributed by atoms with van der Waals surface area (Å²) < 4.78 is 35.6. The summed E-state index contributed by atoms with van der Waals surface area (Å²) in [4.78, 5) is 2.13. The molecule has 0 aromatic carbocycles. The van der Waals surface area contributed by atoms with E-state index in [2.05, 4.69) is 0 Å². The summed E-state index contributed by atoms with van der Waals surface area (Å²) in [5.41, 5.74) is 1.19. The number of thioether (sulfide) groups is 1.